The molecule has 0 saturated heterocycles. The van der Waals surface area contributed by atoms with E-state index in [0.717, 1.165) is 0 Å². The van der Waals surface area contributed by atoms with Gasteiger partial charge in [-0.3, -0.25) is 9.59 Å². The van der Waals surface area contributed by atoms with Gasteiger partial charge in [0.25, 0.3) is 0 Å². The molecule has 1 unspecified atom stereocenters. The minimum atomic E-state index is -0.965. The van der Waals surface area contributed by atoms with Crippen molar-refractivity contribution in [2.45, 2.75) is 45.8 Å². The van der Waals surface area contributed by atoms with E-state index in [1.165, 1.54) is 0 Å². The van der Waals surface area contributed by atoms with E-state index in [4.69, 9.17) is 5.11 Å². The topological polar surface area (TPSA) is 54.4 Å². The number of Topliss-reactive ketones (excluding diaryl/α,β-unsaturated/α-hetero) is 1. The number of carboxylic acids is 1. The van der Waals surface area contributed by atoms with E-state index in [1.54, 1.807) is 34.6 Å². The SMILES string of the molecule is CC(C)(C)C(=O)CC(C(=O)O)C(C)(C)S. The second-order valence-electron chi connectivity index (χ2n) is 5.42. The van der Waals surface area contributed by atoms with Gasteiger partial charge < -0.3 is 5.11 Å². The van der Waals surface area contributed by atoms with Crippen molar-refractivity contribution in [3.8, 4) is 0 Å². The van der Waals surface area contributed by atoms with Gasteiger partial charge in [-0.1, -0.05) is 34.6 Å². The molecule has 15 heavy (non-hydrogen) atoms. The van der Waals surface area contributed by atoms with E-state index < -0.39 is 22.0 Å². The smallest absolute Gasteiger partial charge is 0.308 e. The molecule has 0 rings (SSSR count). The van der Waals surface area contributed by atoms with Gasteiger partial charge in [0, 0.05) is 16.6 Å². The molecule has 0 aliphatic carbocycles. The number of carboxylic acid groups (broad SMARTS) is 1. The van der Waals surface area contributed by atoms with E-state index >= 15 is 0 Å². The molecule has 0 aromatic rings. The third-order valence-corrected chi connectivity index (χ3v) is 2.69. The Labute approximate surface area is 96.7 Å². The number of carbonyl (C=O) groups is 2. The minimum Gasteiger partial charge on any atom is -0.481 e. The predicted molar refractivity (Wildman–Crippen MR) is 63.3 cm³/mol. The van der Waals surface area contributed by atoms with Crippen LogP contribution in [-0.4, -0.2) is 21.6 Å². The van der Waals surface area contributed by atoms with Crippen LogP contribution in [-0.2, 0) is 9.59 Å². The number of rotatable bonds is 4. The first kappa shape index (κ1) is 14.5. The number of hydrogen-bond donors (Lipinski definition) is 2. The van der Waals surface area contributed by atoms with Gasteiger partial charge >= 0.3 is 5.97 Å². The average Bonchev–Trinajstić information content (AvgIpc) is 1.94. The molecule has 3 nitrogen and oxygen atoms in total. The fourth-order valence-corrected chi connectivity index (χ4v) is 1.33. The fraction of sp³-hybridized carbons (Fsp3) is 0.818. The van der Waals surface area contributed by atoms with Crippen molar-refractivity contribution >= 4 is 24.4 Å². The molecule has 0 amide bonds. The Kier molecular flexibility index (Phi) is 4.40. The van der Waals surface area contributed by atoms with Gasteiger partial charge in [-0.15, -0.1) is 0 Å². The zero-order chi connectivity index (χ0) is 12.4. The maximum absolute atomic E-state index is 11.7. The van der Waals surface area contributed by atoms with E-state index in [-0.39, 0.29) is 12.2 Å². The molecule has 0 spiro atoms. The van der Waals surface area contributed by atoms with Crippen LogP contribution in [0.15, 0.2) is 0 Å². The van der Waals surface area contributed by atoms with Gasteiger partial charge in [-0.25, -0.2) is 0 Å². The van der Waals surface area contributed by atoms with Crippen LogP contribution in [0.2, 0.25) is 0 Å². The highest BCUT2D eigenvalue weighted by Crippen LogP contribution is 2.30. The molecule has 1 N–H and O–H groups in total. The summed E-state index contributed by atoms with van der Waals surface area (Å²) < 4.78 is -0.688. The molecule has 1 atom stereocenters. The molecule has 0 aliphatic heterocycles. The lowest BCUT2D eigenvalue weighted by molar-refractivity contribution is -0.145. The van der Waals surface area contributed by atoms with Crippen molar-refractivity contribution in [2.75, 3.05) is 0 Å². The number of aliphatic carboxylic acids is 1. The van der Waals surface area contributed by atoms with Crippen LogP contribution in [0.5, 0.6) is 0 Å². The van der Waals surface area contributed by atoms with Gasteiger partial charge in [-0.2, -0.15) is 12.6 Å². The van der Waals surface area contributed by atoms with Crippen LogP contribution in [0.1, 0.15) is 41.0 Å². The van der Waals surface area contributed by atoms with Gasteiger partial charge in [0.15, 0.2) is 0 Å². The third-order valence-electron chi connectivity index (χ3n) is 2.38. The van der Waals surface area contributed by atoms with Crippen molar-refractivity contribution in [1.82, 2.24) is 0 Å². The van der Waals surface area contributed by atoms with Crippen molar-refractivity contribution < 1.29 is 14.7 Å². The number of ketones is 1. The molecular formula is C11H20O3S. The quantitative estimate of drug-likeness (QED) is 0.732. The fourth-order valence-electron chi connectivity index (χ4n) is 1.13. The summed E-state index contributed by atoms with van der Waals surface area (Å²) in [6.45, 7) is 8.80. The van der Waals surface area contributed by atoms with Crippen LogP contribution in [0, 0.1) is 11.3 Å². The normalized spacial score (nSPS) is 14.8. The van der Waals surface area contributed by atoms with Gasteiger partial charge in [0.05, 0.1) is 5.92 Å². The molecule has 0 aromatic heterocycles. The summed E-state index contributed by atoms with van der Waals surface area (Å²) in [4.78, 5) is 22.7. The summed E-state index contributed by atoms with van der Waals surface area (Å²) in [5.74, 6) is -1.75. The zero-order valence-electron chi connectivity index (χ0n) is 10.00. The highest BCUT2D eigenvalue weighted by atomic mass is 32.1. The Hall–Kier alpha value is -0.510. The van der Waals surface area contributed by atoms with Gasteiger partial charge in [0.1, 0.15) is 5.78 Å². The number of carbonyl (C=O) groups excluding carboxylic acids is 1. The third kappa shape index (κ3) is 4.69. The van der Waals surface area contributed by atoms with Gasteiger partial charge in [-0.05, 0) is 0 Å². The van der Waals surface area contributed by atoms with Gasteiger partial charge in [0.2, 0.25) is 0 Å². The van der Waals surface area contributed by atoms with Crippen molar-refractivity contribution in [3.05, 3.63) is 0 Å². The van der Waals surface area contributed by atoms with Crippen LogP contribution in [0.4, 0.5) is 0 Å². The number of hydrogen-bond acceptors (Lipinski definition) is 3. The summed E-state index contributed by atoms with van der Waals surface area (Å²) in [5.41, 5.74) is -0.493. The predicted octanol–water partition coefficient (Wildman–Crippen LogP) is 2.40. The van der Waals surface area contributed by atoms with E-state index in [1.807, 2.05) is 0 Å². The summed E-state index contributed by atoms with van der Waals surface area (Å²) in [7, 11) is 0. The Bertz CT molecular complexity index is 258. The van der Waals surface area contributed by atoms with Crippen molar-refractivity contribution in [3.63, 3.8) is 0 Å². The van der Waals surface area contributed by atoms with Crippen LogP contribution in [0.25, 0.3) is 0 Å². The second kappa shape index (κ2) is 4.56. The monoisotopic (exact) mass is 232 g/mol. The van der Waals surface area contributed by atoms with Crippen molar-refractivity contribution in [2.24, 2.45) is 11.3 Å². The zero-order valence-corrected chi connectivity index (χ0v) is 10.9. The Morgan fingerprint density at radius 3 is 1.80 bits per heavy atom. The van der Waals surface area contributed by atoms with E-state index in [0.29, 0.717) is 0 Å². The molecule has 0 aliphatic rings. The Morgan fingerprint density at radius 1 is 1.20 bits per heavy atom. The first-order valence-electron chi connectivity index (χ1n) is 4.94. The summed E-state index contributed by atoms with van der Waals surface area (Å²) in [6.07, 6.45) is 0.0370. The molecule has 0 radical (unpaired) electrons. The second-order valence-corrected chi connectivity index (χ2v) is 6.57. The first-order chi connectivity index (χ1) is 6.46. The van der Waals surface area contributed by atoms with Crippen LogP contribution >= 0.6 is 12.6 Å². The molecule has 0 heterocycles. The highest BCUT2D eigenvalue weighted by Gasteiger charge is 2.36. The summed E-state index contributed by atoms with van der Waals surface area (Å²) >= 11 is 4.23. The number of thiol groups is 1. The maximum Gasteiger partial charge on any atom is 0.308 e. The molecule has 4 heteroatoms. The summed E-state index contributed by atoms with van der Waals surface area (Å²) in [6, 6.07) is 0. The van der Waals surface area contributed by atoms with Crippen molar-refractivity contribution in [1.29, 1.82) is 0 Å². The minimum absolute atomic E-state index is 0.0370. The lowest BCUT2D eigenvalue weighted by Crippen LogP contribution is -2.36. The van der Waals surface area contributed by atoms with E-state index in [2.05, 4.69) is 12.6 Å². The van der Waals surface area contributed by atoms with Crippen LogP contribution < -0.4 is 0 Å². The highest BCUT2D eigenvalue weighted by molar-refractivity contribution is 7.81. The van der Waals surface area contributed by atoms with E-state index in [9.17, 15) is 9.59 Å². The molecule has 0 saturated carbocycles. The van der Waals surface area contributed by atoms with Crippen LogP contribution in [0.3, 0.4) is 0 Å². The maximum atomic E-state index is 11.7. The molecule has 0 bridgehead atoms. The molecule has 0 aromatic carbocycles. The lowest BCUT2D eigenvalue weighted by Gasteiger charge is -2.28. The molecular weight excluding hydrogens is 212 g/mol. The Morgan fingerprint density at radius 2 is 1.60 bits per heavy atom. The largest absolute Gasteiger partial charge is 0.481 e. The Balaban J connectivity index is 4.74. The standard InChI is InChI=1S/C11H20O3S/c1-10(2,3)8(12)6-7(9(13)14)11(4,5)15/h7,15H,6H2,1-5H3,(H,13,14). The average molecular weight is 232 g/mol. The molecule has 0 fully saturated rings. The molecule has 88 valence electrons. The first-order valence-corrected chi connectivity index (χ1v) is 5.39. The summed E-state index contributed by atoms with van der Waals surface area (Å²) in [5, 5.41) is 9.02. The lowest BCUT2D eigenvalue weighted by atomic mass is 9.81.